The summed E-state index contributed by atoms with van der Waals surface area (Å²) in [7, 11) is 0. The van der Waals surface area contributed by atoms with Crippen LogP contribution in [0, 0.1) is 22.7 Å². The van der Waals surface area contributed by atoms with Gasteiger partial charge in [-0.3, -0.25) is 4.79 Å². The number of anilines is 1. The normalized spacial score (nSPS) is 12.6. The highest BCUT2D eigenvalue weighted by molar-refractivity contribution is 9.10. The third-order valence-corrected chi connectivity index (χ3v) is 3.51. The lowest BCUT2D eigenvalue weighted by Crippen LogP contribution is -2.27. The number of hydrogen-bond donors (Lipinski definition) is 2. The van der Waals surface area contributed by atoms with E-state index in [9.17, 15) is 9.90 Å². The first-order valence-electron chi connectivity index (χ1n) is 6.39. The molecule has 1 unspecified atom stereocenters. The molecule has 0 aliphatic heterocycles. The zero-order valence-corrected chi connectivity index (χ0v) is 13.5. The Balaban J connectivity index is 2.71. The van der Waals surface area contributed by atoms with Gasteiger partial charge in [-0.05, 0) is 46.0 Å². The van der Waals surface area contributed by atoms with Crippen molar-refractivity contribution < 1.29 is 9.90 Å². The van der Waals surface area contributed by atoms with Crippen molar-refractivity contribution in [1.82, 2.24) is 0 Å². The van der Waals surface area contributed by atoms with Crippen LogP contribution in [0.3, 0.4) is 0 Å². The molecule has 2 N–H and O–H groups in total. The van der Waals surface area contributed by atoms with Crippen LogP contribution in [0.1, 0.15) is 32.8 Å². The Hall–Kier alpha value is -1.54. The van der Waals surface area contributed by atoms with Crippen LogP contribution in [0.2, 0.25) is 0 Å². The molecule has 1 aromatic rings. The maximum absolute atomic E-state index is 11.3. The Morgan fingerprint density at radius 3 is 2.60 bits per heavy atom. The Morgan fingerprint density at radius 1 is 1.50 bits per heavy atom. The summed E-state index contributed by atoms with van der Waals surface area (Å²) in [6.07, 6.45) is 0.604. The van der Waals surface area contributed by atoms with Gasteiger partial charge in [0.05, 0.1) is 11.5 Å². The molecule has 0 saturated carbocycles. The molecular formula is C15H19BrN2O2. The topological polar surface area (TPSA) is 73.1 Å². The molecule has 108 valence electrons. The third kappa shape index (κ3) is 5.22. The van der Waals surface area contributed by atoms with Gasteiger partial charge in [-0.1, -0.05) is 20.8 Å². The Morgan fingerprint density at radius 2 is 2.15 bits per heavy atom. The highest BCUT2D eigenvalue weighted by atomic mass is 79.9. The standard InChI is InChI=1S/C15H19BrN2O2/c1-15(2,3)7-11(14(19)20)9-18-12-5-4-10(8-17)13(16)6-12/h4-6,11,18H,7,9H2,1-3H3,(H,19,20). The van der Waals surface area contributed by atoms with Crippen LogP contribution < -0.4 is 5.32 Å². The third-order valence-electron chi connectivity index (χ3n) is 2.85. The Bertz CT molecular complexity index is 530. The average molecular weight is 339 g/mol. The first-order valence-corrected chi connectivity index (χ1v) is 7.18. The molecule has 0 spiro atoms. The molecule has 1 aromatic carbocycles. The summed E-state index contributed by atoms with van der Waals surface area (Å²) in [5.74, 6) is -1.23. The van der Waals surface area contributed by atoms with E-state index in [4.69, 9.17) is 5.26 Å². The zero-order valence-electron chi connectivity index (χ0n) is 11.9. The molecule has 0 saturated heterocycles. The number of carbonyl (C=O) groups is 1. The van der Waals surface area contributed by atoms with Crippen molar-refractivity contribution in [1.29, 1.82) is 5.26 Å². The smallest absolute Gasteiger partial charge is 0.308 e. The van der Waals surface area contributed by atoms with Gasteiger partial charge in [0, 0.05) is 16.7 Å². The van der Waals surface area contributed by atoms with Gasteiger partial charge >= 0.3 is 5.97 Å². The molecule has 0 aromatic heterocycles. The van der Waals surface area contributed by atoms with E-state index in [0.29, 0.717) is 23.0 Å². The first kappa shape index (κ1) is 16.5. The lowest BCUT2D eigenvalue weighted by Gasteiger charge is -2.23. The second kappa shape index (κ2) is 6.76. The van der Waals surface area contributed by atoms with Crippen LogP contribution in [0.15, 0.2) is 22.7 Å². The molecule has 0 aliphatic rings. The lowest BCUT2D eigenvalue weighted by atomic mass is 9.84. The second-order valence-corrected chi connectivity index (χ2v) is 6.84. The van der Waals surface area contributed by atoms with Crippen LogP contribution in [0.5, 0.6) is 0 Å². The van der Waals surface area contributed by atoms with Crippen LogP contribution in [0.25, 0.3) is 0 Å². The van der Waals surface area contributed by atoms with E-state index in [1.807, 2.05) is 20.8 Å². The zero-order chi connectivity index (χ0) is 15.3. The highest BCUT2D eigenvalue weighted by Crippen LogP contribution is 2.26. The Labute approximate surface area is 127 Å². The number of nitriles is 1. The lowest BCUT2D eigenvalue weighted by molar-refractivity contribution is -0.142. The van der Waals surface area contributed by atoms with Crippen molar-refractivity contribution in [3.05, 3.63) is 28.2 Å². The summed E-state index contributed by atoms with van der Waals surface area (Å²) >= 11 is 3.31. The van der Waals surface area contributed by atoms with E-state index in [-0.39, 0.29) is 5.41 Å². The number of rotatable bonds is 5. The predicted molar refractivity (Wildman–Crippen MR) is 82.5 cm³/mol. The van der Waals surface area contributed by atoms with Gasteiger partial charge in [0.1, 0.15) is 6.07 Å². The van der Waals surface area contributed by atoms with Gasteiger partial charge in [-0.2, -0.15) is 5.26 Å². The number of aliphatic carboxylic acids is 1. The molecule has 5 heteroatoms. The number of hydrogen-bond acceptors (Lipinski definition) is 3. The summed E-state index contributed by atoms with van der Waals surface area (Å²) in [6.45, 7) is 6.45. The van der Waals surface area contributed by atoms with Gasteiger partial charge < -0.3 is 10.4 Å². The summed E-state index contributed by atoms with van der Waals surface area (Å²) in [4.78, 5) is 11.3. The van der Waals surface area contributed by atoms with Crippen LogP contribution in [-0.4, -0.2) is 17.6 Å². The molecule has 0 bridgehead atoms. The van der Waals surface area contributed by atoms with Gasteiger partial charge in [0.15, 0.2) is 0 Å². The molecule has 0 aliphatic carbocycles. The molecule has 1 atom stereocenters. The molecule has 0 amide bonds. The first-order chi connectivity index (χ1) is 9.23. The van der Waals surface area contributed by atoms with Gasteiger partial charge in [-0.15, -0.1) is 0 Å². The van der Waals surface area contributed by atoms with Crippen LogP contribution >= 0.6 is 15.9 Å². The molecule has 0 heterocycles. The fourth-order valence-electron chi connectivity index (χ4n) is 1.94. The number of benzene rings is 1. The van der Waals surface area contributed by atoms with Crippen molar-refractivity contribution >= 4 is 27.6 Å². The van der Waals surface area contributed by atoms with Crippen molar-refractivity contribution in [3.8, 4) is 6.07 Å². The van der Waals surface area contributed by atoms with Crippen molar-refractivity contribution in [2.75, 3.05) is 11.9 Å². The fraction of sp³-hybridized carbons (Fsp3) is 0.467. The van der Waals surface area contributed by atoms with Crippen molar-refractivity contribution in [3.63, 3.8) is 0 Å². The van der Waals surface area contributed by atoms with Gasteiger partial charge in [0.2, 0.25) is 0 Å². The van der Waals surface area contributed by atoms with Crippen LogP contribution in [-0.2, 0) is 4.79 Å². The largest absolute Gasteiger partial charge is 0.481 e. The summed E-state index contributed by atoms with van der Waals surface area (Å²) in [5, 5.41) is 21.2. The van der Waals surface area contributed by atoms with E-state index in [0.717, 1.165) is 5.69 Å². The molecule has 0 radical (unpaired) electrons. The van der Waals surface area contributed by atoms with Crippen molar-refractivity contribution in [2.45, 2.75) is 27.2 Å². The second-order valence-electron chi connectivity index (χ2n) is 5.99. The highest BCUT2D eigenvalue weighted by Gasteiger charge is 2.24. The molecule has 20 heavy (non-hydrogen) atoms. The molecule has 0 fully saturated rings. The van der Waals surface area contributed by atoms with E-state index in [2.05, 4.69) is 27.3 Å². The van der Waals surface area contributed by atoms with E-state index < -0.39 is 11.9 Å². The van der Waals surface area contributed by atoms with Crippen LogP contribution in [0.4, 0.5) is 5.69 Å². The maximum atomic E-state index is 11.3. The molecule has 1 rings (SSSR count). The predicted octanol–water partition coefficient (Wildman–Crippen LogP) is 3.87. The quantitative estimate of drug-likeness (QED) is 0.854. The minimum absolute atomic E-state index is 0.0318. The fourth-order valence-corrected chi connectivity index (χ4v) is 2.41. The summed E-state index contributed by atoms with van der Waals surface area (Å²) in [5.41, 5.74) is 1.33. The molecule has 4 nitrogen and oxygen atoms in total. The SMILES string of the molecule is CC(C)(C)CC(CNc1ccc(C#N)c(Br)c1)C(=O)O. The Kier molecular flexibility index (Phi) is 5.58. The number of carboxylic acids is 1. The van der Waals surface area contributed by atoms with E-state index >= 15 is 0 Å². The minimum Gasteiger partial charge on any atom is -0.481 e. The summed E-state index contributed by atoms with van der Waals surface area (Å²) < 4.78 is 0.702. The number of nitrogens with zero attached hydrogens (tertiary/aromatic N) is 1. The minimum atomic E-state index is -0.792. The van der Waals surface area contributed by atoms with Gasteiger partial charge in [-0.25, -0.2) is 0 Å². The van der Waals surface area contributed by atoms with E-state index in [1.165, 1.54) is 0 Å². The molecular weight excluding hydrogens is 320 g/mol. The van der Waals surface area contributed by atoms with Crippen molar-refractivity contribution in [2.24, 2.45) is 11.3 Å². The monoisotopic (exact) mass is 338 g/mol. The average Bonchev–Trinajstić information content (AvgIpc) is 2.33. The van der Waals surface area contributed by atoms with E-state index in [1.54, 1.807) is 18.2 Å². The number of nitrogens with one attached hydrogen (secondary N) is 1. The number of carboxylic acid groups (broad SMARTS) is 1. The number of halogens is 1. The van der Waals surface area contributed by atoms with Gasteiger partial charge in [0.25, 0.3) is 0 Å². The summed E-state index contributed by atoms with van der Waals surface area (Å²) in [6, 6.07) is 7.33. The maximum Gasteiger partial charge on any atom is 0.308 e.